The van der Waals surface area contributed by atoms with Crippen LogP contribution in [0.4, 0.5) is 22.0 Å². The maximum Gasteiger partial charge on any atom is 0.223 e. The molecule has 0 radical (unpaired) electrons. The van der Waals surface area contributed by atoms with Crippen LogP contribution in [0, 0.1) is 5.82 Å². The van der Waals surface area contributed by atoms with Gasteiger partial charge >= 0.3 is 0 Å². The summed E-state index contributed by atoms with van der Waals surface area (Å²) >= 11 is 0. The van der Waals surface area contributed by atoms with Crippen LogP contribution in [0.5, 0.6) is 0 Å². The second-order valence-corrected chi connectivity index (χ2v) is 4.73. The van der Waals surface area contributed by atoms with Gasteiger partial charge in [0.05, 0.1) is 0 Å². The SMILES string of the molecule is CCCNc1cc(NCCc2cccc(F)c2)nc(N)n1. The average Bonchev–Trinajstić information content (AvgIpc) is 2.45. The summed E-state index contributed by atoms with van der Waals surface area (Å²) in [4.78, 5) is 8.25. The molecule has 0 bridgehead atoms. The van der Waals surface area contributed by atoms with Gasteiger partial charge in [-0.1, -0.05) is 19.1 Å². The molecular weight excluding hydrogens is 269 g/mol. The fourth-order valence-electron chi connectivity index (χ4n) is 1.93. The summed E-state index contributed by atoms with van der Waals surface area (Å²) in [7, 11) is 0. The van der Waals surface area contributed by atoms with Crippen molar-refractivity contribution in [3.8, 4) is 0 Å². The van der Waals surface area contributed by atoms with Crippen molar-refractivity contribution in [3.05, 3.63) is 41.7 Å². The molecule has 4 N–H and O–H groups in total. The summed E-state index contributed by atoms with van der Waals surface area (Å²) in [6.45, 7) is 3.56. The molecule has 21 heavy (non-hydrogen) atoms. The second-order valence-electron chi connectivity index (χ2n) is 4.73. The molecule has 0 atom stereocenters. The zero-order valence-electron chi connectivity index (χ0n) is 12.1. The first-order valence-electron chi connectivity index (χ1n) is 7.04. The molecule has 1 aromatic carbocycles. The van der Waals surface area contributed by atoms with Gasteiger partial charge in [-0.3, -0.25) is 0 Å². The van der Waals surface area contributed by atoms with Gasteiger partial charge in [0.15, 0.2) is 0 Å². The molecule has 0 saturated carbocycles. The summed E-state index contributed by atoms with van der Waals surface area (Å²) in [6, 6.07) is 8.39. The van der Waals surface area contributed by atoms with Gasteiger partial charge in [0, 0.05) is 19.2 Å². The summed E-state index contributed by atoms with van der Waals surface area (Å²) < 4.78 is 13.1. The van der Waals surface area contributed by atoms with Crippen LogP contribution >= 0.6 is 0 Å². The van der Waals surface area contributed by atoms with E-state index in [4.69, 9.17) is 5.73 Å². The number of hydrogen-bond acceptors (Lipinski definition) is 5. The maximum absolute atomic E-state index is 13.1. The van der Waals surface area contributed by atoms with E-state index in [9.17, 15) is 4.39 Å². The predicted octanol–water partition coefficient (Wildman–Crippen LogP) is 2.67. The number of nitrogen functional groups attached to an aromatic ring is 1. The van der Waals surface area contributed by atoms with Crippen LogP contribution in [0.15, 0.2) is 30.3 Å². The number of anilines is 3. The predicted molar refractivity (Wildman–Crippen MR) is 83.8 cm³/mol. The van der Waals surface area contributed by atoms with Crippen LogP contribution < -0.4 is 16.4 Å². The number of nitrogens with zero attached hydrogens (tertiary/aromatic N) is 2. The van der Waals surface area contributed by atoms with Crippen molar-refractivity contribution >= 4 is 17.6 Å². The van der Waals surface area contributed by atoms with E-state index >= 15 is 0 Å². The molecule has 112 valence electrons. The largest absolute Gasteiger partial charge is 0.370 e. The minimum absolute atomic E-state index is 0.218. The van der Waals surface area contributed by atoms with Crippen molar-refractivity contribution in [3.63, 3.8) is 0 Å². The van der Waals surface area contributed by atoms with Crippen molar-refractivity contribution in [2.24, 2.45) is 0 Å². The lowest BCUT2D eigenvalue weighted by Gasteiger charge is -2.09. The Morgan fingerprint density at radius 1 is 1.10 bits per heavy atom. The van der Waals surface area contributed by atoms with Gasteiger partial charge in [0.1, 0.15) is 17.5 Å². The van der Waals surface area contributed by atoms with Gasteiger partial charge < -0.3 is 16.4 Å². The Hall–Kier alpha value is -2.37. The van der Waals surface area contributed by atoms with Crippen LogP contribution in [0.1, 0.15) is 18.9 Å². The quantitative estimate of drug-likeness (QED) is 0.730. The first-order chi connectivity index (χ1) is 10.2. The highest BCUT2D eigenvalue weighted by atomic mass is 19.1. The van der Waals surface area contributed by atoms with Crippen molar-refractivity contribution in [2.45, 2.75) is 19.8 Å². The molecule has 0 fully saturated rings. The molecule has 0 unspecified atom stereocenters. The third-order valence-corrected chi connectivity index (χ3v) is 2.91. The number of benzene rings is 1. The maximum atomic E-state index is 13.1. The van der Waals surface area contributed by atoms with Gasteiger partial charge in [-0.05, 0) is 30.5 Å². The fourth-order valence-corrected chi connectivity index (χ4v) is 1.93. The number of aromatic nitrogens is 2. The smallest absolute Gasteiger partial charge is 0.223 e. The molecule has 1 aromatic heterocycles. The Balaban J connectivity index is 1.91. The van der Waals surface area contributed by atoms with E-state index < -0.39 is 0 Å². The van der Waals surface area contributed by atoms with Gasteiger partial charge in [0.2, 0.25) is 5.95 Å². The molecule has 6 heteroatoms. The molecule has 0 saturated heterocycles. The second kappa shape index (κ2) is 7.42. The Morgan fingerprint density at radius 2 is 1.81 bits per heavy atom. The van der Waals surface area contributed by atoms with Crippen molar-refractivity contribution < 1.29 is 4.39 Å². The molecule has 2 rings (SSSR count). The minimum atomic E-state index is -0.218. The molecule has 0 spiro atoms. The van der Waals surface area contributed by atoms with E-state index in [1.165, 1.54) is 12.1 Å². The van der Waals surface area contributed by atoms with E-state index in [1.807, 2.05) is 12.1 Å². The summed E-state index contributed by atoms with van der Waals surface area (Å²) in [5.74, 6) is 1.38. The first-order valence-corrected chi connectivity index (χ1v) is 7.04. The standard InChI is InChI=1S/C15H20FN5/c1-2-7-18-13-10-14(21-15(17)20-13)19-8-6-11-4-3-5-12(16)9-11/h3-5,9-10H,2,6-8H2,1H3,(H4,17,18,19,20,21). The molecule has 0 amide bonds. The van der Waals surface area contributed by atoms with Gasteiger partial charge in [-0.15, -0.1) is 0 Å². The van der Waals surface area contributed by atoms with Crippen LogP contribution in [0.3, 0.4) is 0 Å². The third kappa shape index (κ3) is 4.91. The Labute approximate surface area is 123 Å². The van der Waals surface area contributed by atoms with Crippen LogP contribution in [0.2, 0.25) is 0 Å². The van der Waals surface area contributed by atoms with Crippen molar-refractivity contribution in [1.29, 1.82) is 0 Å². The number of hydrogen-bond donors (Lipinski definition) is 3. The van der Waals surface area contributed by atoms with Crippen LogP contribution in [-0.2, 0) is 6.42 Å². The highest BCUT2D eigenvalue weighted by molar-refractivity contribution is 5.51. The third-order valence-electron chi connectivity index (χ3n) is 2.91. The fraction of sp³-hybridized carbons (Fsp3) is 0.333. The first kappa shape index (κ1) is 15.0. The summed E-state index contributed by atoms with van der Waals surface area (Å²) in [5, 5.41) is 6.35. The lowest BCUT2D eigenvalue weighted by Crippen LogP contribution is -2.10. The number of rotatable bonds is 7. The molecule has 2 aromatic rings. The topological polar surface area (TPSA) is 75.9 Å². The zero-order valence-corrected chi connectivity index (χ0v) is 12.1. The number of nitrogens with two attached hydrogens (primary N) is 1. The molecular formula is C15H20FN5. The normalized spacial score (nSPS) is 10.4. The molecule has 0 aliphatic rings. The van der Waals surface area contributed by atoms with Crippen LogP contribution in [0.25, 0.3) is 0 Å². The lowest BCUT2D eigenvalue weighted by atomic mass is 10.1. The van der Waals surface area contributed by atoms with Crippen molar-refractivity contribution in [2.75, 3.05) is 29.5 Å². The molecule has 5 nitrogen and oxygen atoms in total. The average molecular weight is 289 g/mol. The highest BCUT2D eigenvalue weighted by Crippen LogP contribution is 2.13. The summed E-state index contributed by atoms with van der Waals surface area (Å²) in [6.07, 6.45) is 1.71. The lowest BCUT2D eigenvalue weighted by molar-refractivity contribution is 0.625. The van der Waals surface area contributed by atoms with Gasteiger partial charge in [-0.2, -0.15) is 9.97 Å². The number of nitrogens with one attached hydrogen (secondary N) is 2. The van der Waals surface area contributed by atoms with Gasteiger partial charge in [-0.25, -0.2) is 4.39 Å². The van der Waals surface area contributed by atoms with Crippen molar-refractivity contribution in [1.82, 2.24) is 9.97 Å². The molecule has 1 heterocycles. The highest BCUT2D eigenvalue weighted by Gasteiger charge is 2.02. The van der Waals surface area contributed by atoms with E-state index in [-0.39, 0.29) is 11.8 Å². The van der Waals surface area contributed by atoms with Gasteiger partial charge in [0.25, 0.3) is 0 Å². The van der Waals surface area contributed by atoms with E-state index in [2.05, 4.69) is 27.5 Å². The minimum Gasteiger partial charge on any atom is -0.370 e. The monoisotopic (exact) mass is 289 g/mol. The van der Waals surface area contributed by atoms with E-state index in [0.29, 0.717) is 24.6 Å². The Morgan fingerprint density at radius 3 is 2.48 bits per heavy atom. The Kier molecular flexibility index (Phi) is 5.31. The van der Waals surface area contributed by atoms with Crippen LogP contribution in [-0.4, -0.2) is 23.1 Å². The van der Waals surface area contributed by atoms with E-state index in [1.54, 1.807) is 6.07 Å². The van der Waals surface area contributed by atoms with E-state index in [0.717, 1.165) is 18.5 Å². The Bertz CT molecular complexity index is 588. The molecule has 0 aliphatic carbocycles. The molecule has 0 aliphatic heterocycles. The summed E-state index contributed by atoms with van der Waals surface area (Å²) in [5.41, 5.74) is 6.62. The number of halogens is 1. The zero-order chi connectivity index (χ0) is 15.1.